The van der Waals surface area contributed by atoms with Gasteiger partial charge in [-0.15, -0.1) is 6.58 Å². The van der Waals surface area contributed by atoms with Crippen LogP contribution in [0.3, 0.4) is 0 Å². The molecule has 0 radical (unpaired) electrons. The molecule has 0 saturated carbocycles. The van der Waals surface area contributed by atoms with Crippen molar-refractivity contribution in [2.45, 2.75) is 39.3 Å². The van der Waals surface area contributed by atoms with Crippen molar-refractivity contribution in [2.75, 3.05) is 6.54 Å². The highest BCUT2D eigenvalue weighted by atomic mass is 16.2. The van der Waals surface area contributed by atoms with Crippen LogP contribution in [0.25, 0.3) is 11.0 Å². The first-order valence-corrected chi connectivity index (χ1v) is 8.19. The molecule has 1 heterocycles. The number of imidazole rings is 1. The van der Waals surface area contributed by atoms with E-state index in [4.69, 9.17) is 0 Å². The first-order valence-electron chi connectivity index (χ1n) is 8.19. The molecule has 0 bridgehead atoms. The lowest BCUT2D eigenvalue weighted by Crippen LogP contribution is -2.31. The average molecular weight is 328 g/mol. The molecule has 0 fully saturated rings. The molecular formula is C18H24N4O2. The Kier molecular flexibility index (Phi) is 6.12. The number of carbonyl (C=O) groups is 2. The third-order valence-corrected chi connectivity index (χ3v) is 3.67. The van der Waals surface area contributed by atoms with E-state index in [-0.39, 0.29) is 24.4 Å². The zero-order valence-electron chi connectivity index (χ0n) is 14.2. The van der Waals surface area contributed by atoms with E-state index < -0.39 is 0 Å². The van der Waals surface area contributed by atoms with Gasteiger partial charge in [0.25, 0.3) is 0 Å². The lowest BCUT2D eigenvalue weighted by molar-refractivity contribution is -0.122. The van der Waals surface area contributed by atoms with Gasteiger partial charge in [0.2, 0.25) is 11.8 Å². The molecule has 2 N–H and O–H groups in total. The van der Waals surface area contributed by atoms with E-state index in [0.717, 1.165) is 17.5 Å². The minimum Gasteiger partial charge on any atom is -0.351 e. The van der Waals surface area contributed by atoms with Gasteiger partial charge in [0.05, 0.1) is 17.1 Å². The molecule has 6 heteroatoms. The number of nitrogens with zero attached hydrogens (tertiary/aromatic N) is 2. The van der Waals surface area contributed by atoms with Gasteiger partial charge in [-0.1, -0.05) is 25.1 Å². The summed E-state index contributed by atoms with van der Waals surface area (Å²) in [6.07, 6.45) is 2.90. The Morgan fingerprint density at radius 2 is 2.08 bits per heavy atom. The van der Waals surface area contributed by atoms with Crippen molar-refractivity contribution in [3.05, 3.63) is 42.7 Å². The Morgan fingerprint density at radius 1 is 1.33 bits per heavy atom. The molecule has 0 aliphatic heterocycles. The first-order chi connectivity index (χ1) is 11.6. The van der Waals surface area contributed by atoms with Gasteiger partial charge in [-0.2, -0.15) is 0 Å². The summed E-state index contributed by atoms with van der Waals surface area (Å²) in [6.45, 7) is 8.01. The molecule has 24 heavy (non-hydrogen) atoms. The summed E-state index contributed by atoms with van der Waals surface area (Å²) in [7, 11) is 0. The molecular weight excluding hydrogens is 304 g/mol. The van der Waals surface area contributed by atoms with Gasteiger partial charge in [0.15, 0.2) is 0 Å². The van der Waals surface area contributed by atoms with Crippen molar-refractivity contribution in [1.29, 1.82) is 0 Å². The summed E-state index contributed by atoms with van der Waals surface area (Å²) in [6, 6.07) is 7.36. The monoisotopic (exact) mass is 328 g/mol. The summed E-state index contributed by atoms with van der Waals surface area (Å²) in [5, 5.41) is 5.71. The SMILES string of the molecule is C=CCNC(=O)Cn1c(C(C)NC(=O)CCC)nc2ccccc21. The summed E-state index contributed by atoms with van der Waals surface area (Å²) in [4.78, 5) is 28.6. The minimum atomic E-state index is -0.274. The molecule has 2 rings (SSSR count). The molecule has 0 saturated heterocycles. The van der Waals surface area contributed by atoms with Crippen molar-refractivity contribution < 1.29 is 9.59 Å². The van der Waals surface area contributed by atoms with E-state index >= 15 is 0 Å². The van der Waals surface area contributed by atoms with Crippen LogP contribution in [-0.2, 0) is 16.1 Å². The zero-order valence-corrected chi connectivity index (χ0v) is 14.2. The molecule has 0 aliphatic rings. The highest BCUT2D eigenvalue weighted by Gasteiger charge is 2.19. The lowest BCUT2D eigenvalue weighted by Gasteiger charge is -2.16. The van der Waals surface area contributed by atoms with Crippen LogP contribution in [0.15, 0.2) is 36.9 Å². The summed E-state index contributed by atoms with van der Waals surface area (Å²) in [5.41, 5.74) is 1.68. The maximum atomic E-state index is 12.1. The molecule has 1 atom stereocenters. The van der Waals surface area contributed by atoms with E-state index in [1.807, 2.05) is 42.7 Å². The van der Waals surface area contributed by atoms with Crippen LogP contribution in [0.1, 0.15) is 38.6 Å². The van der Waals surface area contributed by atoms with Crippen LogP contribution >= 0.6 is 0 Å². The fourth-order valence-corrected chi connectivity index (χ4v) is 2.58. The highest BCUT2D eigenvalue weighted by molar-refractivity contribution is 5.81. The smallest absolute Gasteiger partial charge is 0.240 e. The van der Waals surface area contributed by atoms with Crippen LogP contribution in [0.4, 0.5) is 0 Å². The van der Waals surface area contributed by atoms with Gasteiger partial charge < -0.3 is 15.2 Å². The summed E-state index contributed by atoms with van der Waals surface area (Å²) >= 11 is 0. The van der Waals surface area contributed by atoms with Crippen molar-refractivity contribution in [1.82, 2.24) is 20.2 Å². The molecule has 128 valence electrons. The normalized spacial score (nSPS) is 11.9. The van der Waals surface area contributed by atoms with E-state index in [9.17, 15) is 9.59 Å². The van der Waals surface area contributed by atoms with Crippen molar-refractivity contribution >= 4 is 22.8 Å². The Morgan fingerprint density at radius 3 is 2.79 bits per heavy atom. The maximum Gasteiger partial charge on any atom is 0.240 e. The fraction of sp³-hybridized carbons (Fsp3) is 0.389. The van der Waals surface area contributed by atoms with Gasteiger partial charge in [-0.25, -0.2) is 4.98 Å². The number of carbonyl (C=O) groups excluding carboxylic acids is 2. The van der Waals surface area contributed by atoms with Crippen LogP contribution in [0, 0.1) is 0 Å². The van der Waals surface area contributed by atoms with Crippen LogP contribution in [0.5, 0.6) is 0 Å². The van der Waals surface area contributed by atoms with E-state index in [0.29, 0.717) is 18.8 Å². The van der Waals surface area contributed by atoms with Gasteiger partial charge in [0.1, 0.15) is 12.4 Å². The molecule has 2 amide bonds. The number of hydrogen-bond acceptors (Lipinski definition) is 3. The van der Waals surface area contributed by atoms with Crippen molar-refractivity contribution in [2.24, 2.45) is 0 Å². The molecule has 0 spiro atoms. The summed E-state index contributed by atoms with van der Waals surface area (Å²) in [5.74, 6) is 0.542. The number of nitrogens with one attached hydrogen (secondary N) is 2. The van der Waals surface area contributed by atoms with E-state index in [1.165, 1.54) is 0 Å². The van der Waals surface area contributed by atoms with Crippen molar-refractivity contribution in [3.8, 4) is 0 Å². The molecule has 6 nitrogen and oxygen atoms in total. The second-order valence-electron chi connectivity index (χ2n) is 5.68. The topological polar surface area (TPSA) is 76.0 Å². The third kappa shape index (κ3) is 4.22. The Hall–Kier alpha value is -2.63. The third-order valence-electron chi connectivity index (χ3n) is 3.67. The minimum absolute atomic E-state index is 0.0142. The Balaban J connectivity index is 2.30. The highest BCUT2D eigenvalue weighted by Crippen LogP contribution is 2.20. The van der Waals surface area contributed by atoms with Gasteiger partial charge in [-0.3, -0.25) is 9.59 Å². The van der Waals surface area contributed by atoms with Gasteiger partial charge >= 0.3 is 0 Å². The first kappa shape index (κ1) is 17.7. The molecule has 0 aliphatic carbocycles. The number of rotatable bonds is 8. The Labute approximate surface area is 141 Å². The predicted octanol–water partition coefficient (Wildman–Crippen LogP) is 2.32. The second-order valence-corrected chi connectivity index (χ2v) is 5.68. The standard InChI is InChI=1S/C18H24N4O2/c1-4-8-16(23)20-13(3)18-21-14-9-6-7-10-15(14)22(18)12-17(24)19-11-5-2/h5-7,9-10,13H,2,4,8,11-12H2,1,3H3,(H,19,24)(H,20,23). The number of aromatic nitrogens is 2. The molecule has 1 unspecified atom stereocenters. The summed E-state index contributed by atoms with van der Waals surface area (Å²) < 4.78 is 1.85. The Bertz CT molecular complexity index is 736. The quantitative estimate of drug-likeness (QED) is 0.730. The number of hydrogen-bond donors (Lipinski definition) is 2. The number of amides is 2. The largest absolute Gasteiger partial charge is 0.351 e. The van der Waals surface area contributed by atoms with Gasteiger partial charge in [0, 0.05) is 13.0 Å². The van der Waals surface area contributed by atoms with Gasteiger partial charge in [-0.05, 0) is 25.5 Å². The molecule has 1 aromatic carbocycles. The molecule has 1 aromatic heterocycles. The number of para-hydroxylation sites is 2. The number of fused-ring (bicyclic) bond motifs is 1. The molecule has 2 aromatic rings. The number of benzene rings is 1. The predicted molar refractivity (Wildman–Crippen MR) is 94.4 cm³/mol. The van der Waals surface area contributed by atoms with Crippen LogP contribution in [0.2, 0.25) is 0 Å². The van der Waals surface area contributed by atoms with Crippen LogP contribution in [-0.4, -0.2) is 27.9 Å². The van der Waals surface area contributed by atoms with Crippen molar-refractivity contribution in [3.63, 3.8) is 0 Å². The zero-order chi connectivity index (χ0) is 17.5. The second kappa shape index (κ2) is 8.29. The average Bonchev–Trinajstić information content (AvgIpc) is 2.92. The fourth-order valence-electron chi connectivity index (χ4n) is 2.58. The lowest BCUT2D eigenvalue weighted by atomic mass is 10.2. The van der Waals surface area contributed by atoms with E-state index in [2.05, 4.69) is 22.2 Å². The maximum absolute atomic E-state index is 12.1. The van der Waals surface area contributed by atoms with Crippen LogP contribution < -0.4 is 10.6 Å². The van der Waals surface area contributed by atoms with E-state index in [1.54, 1.807) is 6.08 Å².